The topological polar surface area (TPSA) is 61.6 Å². The van der Waals surface area contributed by atoms with Crippen LogP contribution in [0.4, 0.5) is 5.82 Å². The summed E-state index contributed by atoms with van der Waals surface area (Å²) in [6.45, 7) is 5.23. The first-order valence-electron chi connectivity index (χ1n) is 19.3. The molecule has 0 aliphatic heterocycles. The van der Waals surface area contributed by atoms with E-state index in [2.05, 4.69) is 161 Å². The first kappa shape index (κ1) is 36.8. The number of pyridine rings is 1. The Hall–Kier alpha value is -6.12. The summed E-state index contributed by atoms with van der Waals surface area (Å²) in [4.78, 5) is 12.9. The molecule has 0 amide bonds. The number of nitrogens with zero attached hydrogens (tertiary/aromatic N) is 4. The Morgan fingerprint density at radius 3 is 1.59 bits per heavy atom. The van der Waals surface area contributed by atoms with Crippen LogP contribution in [0.15, 0.2) is 176 Å². The molecule has 0 aliphatic carbocycles. The maximum Gasteiger partial charge on any atom is 0.158 e. The molecule has 7 nitrogen and oxygen atoms in total. The predicted octanol–water partition coefficient (Wildman–Crippen LogP) is 10.3. The van der Waals surface area contributed by atoms with Gasteiger partial charge in [0.2, 0.25) is 0 Å². The molecule has 0 unspecified atom stereocenters. The Labute approximate surface area is 328 Å². The van der Waals surface area contributed by atoms with Gasteiger partial charge in [0.1, 0.15) is 30.3 Å². The van der Waals surface area contributed by atoms with E-state index in [1.54, 1.807) is 0 Å². The molecule has 8 aromatic rings. The molecule has 0 radical (unpaired) electrons. The number of hydrogen-bond acceptors (Lipinski definition) is 6. The van der Waals surface area contributed by atoms with Crippen LogP contribution in [-0.2, 0) is 46.2 Å². The number of aromatic nitrogens is 3. The highest BCUT2D eigenvalue weighted by Gasteiger charge is 2.37. The van der Waals surface area contributed by atoms with Gasteiger partial charge in [-0.3, -0.25) is 0 Å². The van der Waals surface area contributed by atoms with Crippen molar-refractivity contribution in [1.82, 2.24) is 14.5 Å². The van der Waals surface area contributed by atoms with Gasteiger partial charge in [0.25, 0.3) is 0 Å². The van der Waals surface area contributed by atoms with E-state index < -0.39 is 5.60 Å². The van der Waals surface area contributed by atoms with Crippen LogP contribution >= 0.6 is 0 Å². The minimum atomic E-state index is -0.824. The molecule has 8 rings (SSSR count). The number of rotatable bonds is 17. The van der Waals surface area contributed by atoms with Gasteiger partial charge in [-0.15, -0.1) is 0 Å². The van der Waals surface area contributed by atoms with E-state index in [0.29, 0.717) is 39.6 Å². The molecule has 6 aromatic carbocycles. The molecule has 0 spiro atoms. The summed E-state index contributed by atoms with van der Waals surface area (Å²) in [5.74, 6) is 1.59. The fourth-order valence-electron chi connectivity index (χ4n) is 7.52. The van der Waals surface area contributed by atoms with Gasteiger partial charge in [0.05, 0.1) is 24.2 Å². The average Bonchev–Trinajstić information content (AvgIpc) is 3.63. The highest BCUT2D eigenvalue weighted by atomic mass is 16.5. The van der Waals surface area contributed by atoms with E-state index in [4.69, 9.17) is 24.2 Å². The van der Waals surface area contributed by atoms with Crippen molar-refractivity contribution in [3.63, 3.8) is 0 Å². The number of anilines is 1. The van der Waals surface area contributed by atoms with E-state index in [-0.39, 0.29) is 6.61 Å². The normalized spacial score (nSPS) is 11.7. The largest absolute Gasteiger partial charge is 0.371 e. The molecule has 2 heterocycles. The standard InChI is InChI=1S/C49H46N4O3/c1-2-54-37-53-45(36-55-32-33-56-49(40-24-12-5-13-25-40,41-26-14-6-15-27-41)42-28-16-7-17-29-42)51-46-47(53)43-30-18-19-31-44(43)50-48(46)52(34-38-20-8-3-9-21-38)35-39-22-10-4-11-23-39/h3-31H,2,32-37H2,1H3. The van der Waals surface area contributed by atoms with Gasteiger partial charge in [0, 0.05) is 25.1 Å². The molecule has 0 N–H and O–H groups in total. The average molecular weight is 739 g/mol. The minimum absolute atomic E-state index is 0.269. The van der Waals surface area contributed by atoms with Crippen LogP contribution in [0.3, 0.4) is 0 Å². The molecule has 0 saturated carbocycles. The number of ether oxygens (including phenoxy) is 3. The van der Waals surface area contributed by atoms with Gasteiger partial charge < -0.3 is 23.7 Å². The molecule has 280 valence electrons. The summed E-state index contributed by atoms with van der Waals surface area (Å²) < 4.78 is 21.7. The SMILES string of the molecule is CCOCn1c(COCCOC(c2ccccc2)(c2ccccc2)c2ccccc2)nc2c(N(Cc3ccccc3)Cc3ccccc3)nc3ccccc3c21. The Morgan fingerprint density at radius 2 is 1.05 bits per heavy atom. The van der Waals surface area contributed by atoms with Crippen molar-refractivity contribution in [3.8, 4) is 0 Å². The molecular formula is C49H46N4O3. The summed E-state index contributed by atoms with van der Waals surface area (Å²) in [5, 5.41) is 1.02. The Balaban J connectivity index is 1.13. The van der Waals surface area contributed by atoms with Crippen molar-refractivity contribution < 1.29 is 14.2 Å². The second-order valence-corrected chi connectivity index (χ2v) is 13.7. The Kier molecular flexibility index (Phi) is 11.6. The van der Waals surface area contributed by atoms with Gasteiger partial charge in [0.15, 0.2) is 5.82 Å². The molecule has 0 atom stereocenters. The molecule has 2 aromatic heterocycles. The molecular weight excluding hydrogens is 693 g/mol. The van der Waals surface area contributed by atoms with Crippen molar-refractivity contribution in [3.05, 3.63) is 210 Å². The van der Waals surface area contributed by atoms with Crippen LogP contribution in [-0.4, -0.2) is 34.4 Å². The van der Waals surface area contributed by atoms with Crippen LogP contribution in [0.5, 0.6) is 0 Å². The highest BCUT2D eigenvalue weighted by Crippen LogP contribution is 2.40. The number of imidazole rings is 1. The zero-order valence-corrected chi connectivity index (χ0v) is 31.7. The second kappa shape index (κ2) is 17.6. The summed E-state index contributed by atoms with van der Waals surface area (Å²) in [5.41, 5.74) is 7.43. The number of hydrogen-bond donors (Lipinski definition) is 0. The minimum Gasteiger partial charge on any atom is -0.371 e. The quantitative estimate of drug-likeness (QED) is 0.0685. The number of para-hydroxylation sites is 1. The lowest BCUT2D eigenvalue weighted by atomic mass is 9.80. The van der Waals surface area contributed by atoms with E-state index in [1.807, 2.05) is 31.2 Å². The zero-order valence-electron chi connectivity index (χ0n) is 31.7. The Morgan fingerprint density at radius 1 is 0.554 bits per heavy atom. The monoisotopic (exact) mass is 738 g/mol. The fourth-order valence-corrected chi connectivity index (χ4v) is 7.52. The van der Waals surface area contributed by atoms with Gasteiger partial charge in [-0.2, -0.15) is 0 Å². The lowest BCUT2D eigenvalue weighted by Crippen LogP contribution is -2.34. The predicted molar refractivity (Wildman–Crippen MR) is 224 cm³/mol. The fraction of sp³-hybridized carbons (Fsp3) is 0.184. The van der Waals surface area contributed by atoms with Crippen LogP contribution < -0.4 is 4.90 Å². The van der Waals surface area contributed by atoms with E-state index in [9.17, 15) is 0 Å². The van der Waals surface area contributed by atoms with E-state index >= 15 is 0 Å². The first-order chi connectivity index (χ1) is 27.7. The zero-order chi connectivity index (χ0) is 38.0. The lowest BCUT2D eigenvalue weighted by molar-refractivity contribution is -0.0289. The van der Waals surface area contributed by atoms with Crippen molar-refractivity contribution in [2.45, 2.75) is 39.0 Å². The second-order valence-electron chi connectivity index (χ2n) is 13.7. The van der Waals surface area contributed by atoms with Gasteiger partial charge in [-0.25, -0.2) is 9.97 Å². The van der Waals surface area contributed by atoms with Gasteiger partial charge >= 0.3 is 0 Å². The summed E-state index contributed by atoms with van der Waals surface area (Å²) >= 11 is 0. The highest BCUT2D eigenvalue weighted by molar-refractivity contribution is 6.07. The third-order valence-electron chi connectivity index (χ3n) is 10.1. The Bertz CT molecular complexity index is 2300. The van der Waals surface area contributed by atoms with Crippen molar-refractivity contribution in [2.75, 3.05) is 24.7 Å². The van der Waals surface area contributed by atoms with E-state index in [0.717, 1.165) is 50.3 Å². The molecule has 0 bridgehead atoms. The first-order valence-corrected chi connectivity index (χ1v) is 19.3. The van der Waals surface area contributed by atoms with Crippen LogP contribution in [0.25, 0.3) is 21.9 Å². The lowest BCUT2D eigenvalue weighted by Gasteiger charge is -2.36. The molecule has 0 fully saturated rings. The van der Waals surface area contributed by atoms with Crippen molar-refractivity contribution in [1.29, 1.82) is 0 Å². The van der Waals surface area contributed by atoms with Crippen LogP contribution in [0.2, 0.25) is 0 Å². The van der Waals surface area contributed by atoms with Crippen LogP contribution in [0.1, 0.15) is 40.6 Å². The summed E-state index contributed by atoms with van der Waals surface area (Å²) in [7, 11) is 0. The van der Waals surface area contributed by atoms with E-state index in [1.165, 1.54) is 11.1 Å². The van der Waals surface area contributed by atoms with Gasteiger partial charge in [-0.05, 0) is 40.8 Å². The smallest absolute Gasteiger partial charge is 0.158 e. The summed E-state index contributed by atoms with van der Waals surface area (Å²) in [6, 6.07) is 60.6. The molecule has 0 saturated heterocycles. The third kappa shape index (κ3) is 7.84. The molecule has 56 heavy (non-hydrogen) atoms. The number of benzene rings is 6. The maximum atomic E-state index is 7.01. The van der Waals surface area contributed by atoms with Crippen molar-refractivity contribution in [2.24, 2.45) is 0 Å². The third-order valence-corrected chi connectivity index (χ3v) is 10.1. The number of fused-ring (bicyclic) bond motifs is 3. The van der Waals surface area contributed by atoms with Gasteiger partial charge in [-0.1, -0.05) is 170 Å². The van der Waals surface area contributed by atoms with Crippen LogP contribution in [0, 0.1) is 0 Å². The summed E-state index contributed by atoms with van der Waals surface area (Å²) in [6.07, 6.45) is 0. The maximum absolute atomic E-state index is 7.01. The molecule has 0 aliphatic rings. The van der Waals surface area contributed by atoms with Crippen molar-refractivity contribution >= 4 is 27.8 Å². The molecule has 7 heteroatoms.